The van der Waals surface area contributed by atoms with Crippen LogP contribution in [0.4, 0.5) is 0 Å². The van der Waals surface area contributed by atoms with E-state index in [0.29, 0.717) is 26.8 Å². The zero-order valence-corrected chi connectivity index (χ0v) is 20.0. The maximum atomic E-state index is 13.9. The standard InChI is InChI=1S/C25H17ClN6O2S/c1-30-14-28-22(29-30)13-31-19-10-21(17-8-4-5-9-18(17)26)35-23(19)24(33)32(25(31)34)20-12-27-11-15-6-2-3-7-16(15)20/h2-12,14H,13H2,1H3. The van der Waals surface area contributed by atoms with E-state index in [0.717, 1.165) is 21.2 Å². The molecule has 0 saturated carbocycles. The number of hydrogen-bond donors (Lipinski definition) is 0. The molecule has 0 amide bonds. The van der Waals surface area contributed by atoms with Crippen molar-refractivity contribution < 1.29 is 0 Å². The molecule has 8 nitrogen and oxygen atoms in total. The summed E-state index contributed by atoms with van der Waals surface area (Å²) in [6.07, 6.45) is 4.83. The van der Waals surface area contributed by atoms with E-state index in [1.165, 1.54) is 20.5 Å². The van der Waals surface area contributed by atoms with Gasteiger partial charge in [0, 0.05) is 39.5 Å². The molecule has 172 valence electrons. The Hall–Kier alpha value is -4.08. The first-order valence-corrected chi connectivity index (χ1v) is 11.9. The lowest BCUT2D eigenvalue weighted by molar-refractivity contribution is 0.670. The summed E-state index contributed by atoms with van der Waals surface area (Å²) in [5, 5.41) is 6.49. The summed E-state index contributed by atoms with van der Waals surface area (Å²) < 4.78 is 4.73. The average molecular weight is 501 g/mol. The number of nitrogens with zero attached hydrogens (tertiary/aromatic N) is 6. The van der Waals surface area contributed by atoms with Gasteiger partial charge in [-0.1, -0.05) is 54.1 Å². The van der Waals surface area contributed by atoms with Crippen LogP contribution in [0.1, 0.15) is 5.82 Å². The Balaban J connectivity index is 1.69. The number of aromatic nitrogens is 6. The van der Waals surface area contributed by atoms with Crippen molar-refractivity contribution in [2.24, 2.45) is 7.05 Å². The van der Waals surface area contributed by atoms with Crippen molar-refractivity contribution in [1.29, 1.82) is 0 Å². The molecule has 4 aromatic heterocycles. The van der Waals surface area contributed by atoms with E-state index in [-0.39, 0.29) is 6.54 Å². The first-order chi connectivity index (χ1) is 17.0. The van der Waals surface area contributed by atoms with Gasteiger partial charge in [-0.05, 0) is 12.1 Å². The zero-order valence-electron chi connectivity index (χ0n) is 18.4. The van der Waals surface area contributed by atoms with E-state index in [2.05, 4.69) is 15.1 Å². The molecule has 0 saturated heterocycles. The number of fused-ring (bicyclic) bond motifs is 2. The van der Waals surface area contributed by atoms with Crippen LogP contribution < -0.4 is 11.2 Å². The summed E-state index contributed by atoms with van der Waals surface area (Å²) >= 11 is 7.75. The van der Waals surface area contributed by atoms with Gasteiger partial charge in [-0.2, -0.15) is 5.10 Å². The van der Waals surface area contributed by atoms with Gasteiger partial charge in [0.25, 0.3) is 5.56 Å². The van der Waals surface area contributed by atoms with Crippen LogP contribution in [0.5, 0.6) is 0 Å². The lowest BCUT2D eigenvalue weighted by Gasteiger charge is -2.12. The minimum atomic E-state index is -0.489. The summed E-state index contributed by atoms with van der Waals surface area (Å²) in [6, 6.07) is 16.8. The van der Waals surface area contributed by atoms with Crippen molar-refractivity contribution in [2.75, 3.05) is 0 Å². The molecule has 6 aromatic rings. The molecule has 0 aliphatic heterocycles. The van der Waals surface area contributed by atoms with Gasteiger partial charge >= 0.3 is 5.69 Å². The molecular weight excluding hydrogens is 484 g/mol. The molecule has 4 heterocycles. The van der Waals surface area contributed by atoms with Gasteiger partial charge in [0.05, 0.1) is 23.9 Å². The summed E-state index contributed by atoms with van der Waals surface area (Å²) in [5.41, 5.74) is 0.837. The van der Waals surface area contributed by atoms with E-state index >= 15 is 0 Å². The molecule has 0 bridgehead atoms. The Morgan fingerprint density at radius 2 is 1.83 bits per heavy atom. The van der Waals surface area contributed by atoms with Gasteiger partial charge in [-0.15, -0.1) is 11.3 Å². The van der Waals surface area contributed by atoms with Crippen LogP contribution >= 0.6 is 22.9 Å². The number of pyridine rings is 1. The maximum absolute atomic E-state index is 13.9. The Morgan fingerprint density at radius 3 is 2.63 bits per heavy atom. The SMILES string of the molecule is Cn1cnc(Cn2c(=O)n(-c3cncc4ccccc34)c(=O)c3sc(-c4ccccc4Cl)cc32)n1. The number of halogens is 1. The minimum absolute atomic E-state index is 0.105. The van der Waals surface area contributed by atoms with Crippen molar-refractivity contribution in [3.63, 3.8) is 0 Å². The highest BCUT2D eigenvalue weighted by molar-refractivity contribution is 7.22. The Morgan fingerprint density at radius 1 is 1.03 bits per heavy atom. The Labute approximate surface area is 207 Å². The fraction of sp³-hybridized carbons (Fsp3) is 0.0800. The molecule has 6 rings (SSSR count). The van der Waals surface area contributed by atoms with E-state index in [1.807, 2.05) is 48.5 Å². The van der Waals surface area contributed by atoms with Crippen LogP contribution in [-0.2, 0) is 13.6 Å². The quantitative estimate of drug-likeness (QED) is 0.361. The summed E-state index contributed by atoms with van der Waals surface area (Å²) in [4.78, 5) is 37.0. The maximum Gasteiger partial charge on any atom is 0.336 e. The highest BCUT2D eigenvalue weighted by atomic mass is 35.5. The second kappa shape index (κ2) is 8.30. The summed E-state index contributed by atoms with van der Waals surface area (Å²) in [6.45, 7) is 0.105. The van der Waals surface area contributed by atoms with Crippen molar-refractivity contribution in [3.8, 4) is 16.1 Å². The first-order valence-electron chi connectivity index (χ1n) is 10.7. The largest absolute Gasteiger partial charge is 0.336 e. The van der Waals surface area contributed by atoms with Crippen molar-refractivity contribution in [1.82, 2.24) is 28.9 Å². The molecule has 0 N–H and O–H groups in total. The first kappa shape index (κ1) is 21.5. The van der Waals surface area contributed by atoms with E-state index in [9.17, 15) is 9.59 Å². The highest BCUT2D eigenvalue weighted by Gasteiger charge is 2.21. The number of benzene rings is 2. The fourth-order valence-corrected chi connectivity index (χ4v) is 5.61. The van der Waals surface area contributed by atoms with E-state index in [1.54, 1.807) is 36.5 Å². The van der Waals surface area contributed by atoms with Crippen molar-refractivity contribution in [2.45, 2.75) is 6.54 Å². The monoisotopic (exact) mass is 500 g/mol. The molecular formula is C25H17ClN6O2S. The molecule has 0 atom stereocenters. The van der Waals surface area contributed by atoms with Crippen LogP contribution in [0.25, 0.3) is 37.1 Å². The van der Waals surface area contributed by atoms with E-state index in [4.69, 9.17) is 11.6 Å². The van der Waals surface area contributed by atoms with Crippen molar-refractivity contribution >= 4 is 43.9 Å². The highest BCUT2D eigenvalue weighted by Crippen LogP contribution is 2.35. The molecule has 0 fully saturated rings. The predicted molar refractivity (Wildman–Crippen MR) is 138 cm³/mol. The zero-order chi connectivity index (χ0) is 24.1. The molecule has 0 unspecified atom stereocenters. The number of aryl methyl sites for hydroxylation is 1. The van der Waals surface area contributed by atoms with Crippen LogP contribution in [0.3, 0.4) is 0 Å². The third-order valence-electron chi connectivity index (χ3n) is 5.80. The molecule has 10 heteroatoms. The van der Waals surface area contributed by atoms with Crippen LogP contribution in [0, 0.1) is 0 Å². The van der Waals surface area contributed by atoms with Crippen LogP contribution in [-0.4, -0.2) is 28.9 Å². The predicted octanol–water partition coefficient (Wildman–Crippen LogP) is 4.26. The Kier molecular flexibility index (Phi) is 5.09. The third-order valence-corrected chi connectivity index (χ3v) is 7.27. The van der Waals surface area contributed by atoms with Gasteiger partial charge in [-0.25, -0.2) is 14.3 Å². The lowest BCUT2D eigenvalue weighted by Crippen LogP contribution is -2.39. The summed E-state index contributed by atoms with van der Waals surface area (Å²) in [7, 11) is 1.76. The van der Waals surface area contributed by atoms with Gasteiger partial charge in [0.1, 0.15) is 11.0 Å². The molecule has 35 heavy (non-hydrogen) atoms. The number of hydrogen-bond acceptors (Lipinski definition) is 6. The molecule has 0 aliphatic rings. The molecule has 0 radical (unpaired) electrons. The minimum Gasteiger partial charge on any atom is -0.284 e. The van der Waals surface area contributed by atoms with Gasteiger partial charge in [0.2, 0.25) is 0 Å². The average Bonchev–Trinajstić information content (AvgIpc) is 3.49. The van der Waals surface area contributed by atoms with Crippen LogP contribution in [0.15, 0.2) is 82.9 Å². The second-order valence-electron chi connectivity index (χ2n) is 8.03. The molecule has 0 aliphatic carbocycles. The number of thiophene rings is 1. The normalized spacial score (nSPS) is 11.5. The third kappa shape index (κ3) is 3.56. The summed E-state index contributed by atoms with van der Waals surface area (Å²) in [5.74, 6) is 0.461. The van der Waals surface area contributed by atoms with Gasteiger partial charge < -0.3 is 0 Å². The molecule has 0 spiro atoms. The topological polar surface area (TPSA) is 87.6 Å². The number of rotatable bonds is 4. The Bertz CT molecular complexity index is 1860. The van der Waals surface area contributed by atoms with Gasteiger partial charge in [0.15, 0.2) is 5.82 Å². The lowest BCUT2D eigenvalue weighted by atomic mass is 10.1. The van der Waals surface area contributed by atoms with Gasteiger partial charge in [-0.3, -0.25) is 19.0 Å². The fourth-order valence-electron chi connectivity index (χ4n) is 4.18. The van der Waals surface area contributed by atoms with E-state index < -0.39 is 11.2 Å². The van der Waals surface area contributed by atoms with Crippen LogP contribution in [0.2, 0.25) is 5.02 Å². The smallest absolute Gasteiger partial charge is 0.284 e. The van der Waals surface area contributed by atoms with Crippen molar-refractivity contribution in [3.05, 3.63) is 105 Å². The molecule has 2 aromatic carbocycles. The second-order valence-corrected chi connectivity index (χ2v) is 9.49.